The van der Waals surface area contributed by atoms with Crippen LogP contribution in [-0.4, -0.2) is 74.6 Å². The first kappa shape index (κ1) is 25.5. The molecule has 0 aliphatic carbocycles. The number of H-pyrrole nitrogens is 1. The van der Waals surface area contributed by atoms with E-state index in [4.69, 9.17) is 5.73 Å². The molecular formula is C21H28N6O6. The highest BCUT2D eigenvalue weighted by Gasteiger charge is 2.30. The molecule has 0 fully saturated rings. The Hall–Kier alpha value is -3.77. The largest absolute Gasteiger partial charge is 0.480 e. The van der Waals surface area contributed by atoms with Gasteiger partial charge in [0.2, 0.25) is 17.7 Å². The molecule has 0 radical (unpaired) electrons. The Morgan fingerprint density at radius 3 is 2.12 bits per heavy atom. The van der Waals surface area contributed by atoms with Gasteiger partial charge >= 0.3 is 5.97 Å². The van der Waals surface area contributed by atoms with Gasteiger partial charge in [-0.05, 0) is 12.5 Å². The van der Waals surface area contributed by atoms with Crippen LogP contribution in [0.3, 0.4) is 0 Å². The van der Waals surface area contributed by atoms with E-state index in [9.17, 15) is 29.4 Å². The van der Waals surface area contributed by atoms with Gasteiger partial charge in [0.05, 0.1) is 19.0 Å². The number of aliphatic hydroxyl groups is 1. The zero-order valence-corrected chi connectivity index (χ0v) is 18.0. The van der Waals surface area contributed by atoms with Crippen LogP contribution in [0.5, 0.6) is 0 Å². The third-order valence-corrected chi connectivity index (χ3v) is 4.74. The van der Waals surface area contributed by atoms with Gasteiger partial charge in [0, 0.05) is 24.7 Å². The molecule has 2 rings (SSSR count). The first-order valence-corrected chi connectivity index (χ1v) is 10.2. The summed E-state index contributed by atoms with van der Waals surface area (Å²) < 4.78 is 0. The average Bonchev–Trinajstić information content (AvgIpc) is 3.29. The summed E-state index contributed by atoms with van der Waals surface area (Å²) in [5.74, 6) is -3.48. The standard InChI is InChI=1S/C21H28N6O6/c1-12(22)18(29)27-17(10-28)20(31)25-15(8-14-9-23-11-24-14)19(30)26-16(21(32)33)7-13-5-3-2-4-6-13/h2-6,9,11-12,15-17,28H,7-8,10,22H2,1H3,(H,23,24)(H,25,31)(H,26,30)(H,27,29)(H,32,33). The van der Waals surface area contributed by atoms with Gasteiger partial charge in [-0.3, -0.25) is 14.4 Å². The Morgan fingerprint density at radius 2 is 1.58 bits per heavy atom. The molecule has 1 aromatic heterocycles. The highest BCUT2D eigenvalue weighted by atomic mass is 16.4. The molecule has 0 bridgehead atoms. The first-order valence-electron chi connectivity index (χ1n) is 10.2. The van der Waals surface area contributed by atoms with Gasteiger partial charge in [-0.1, -0.05) is 30.3 Å². The van der Waals surface area contributed by atoms with Gasteiger partial charge < -0.3 is 36.9 Å². The molecule has 178 valence electrons. The average molecular weight is 460 g/mol. The Bertz CT molecular complexity index is 934. The van der Waals surface area contributed by atoms with E-state index in [2.05, 4.69) is 25.9 Å². The lowest BCUT2D eigenvalue weighted by molar-refractivity contribution is -0.142. The summed E-state index contributed by atoms with van der Waals surface area (Å²) in [6.07, 6.45) is 2.85. The number of aliphatic carboxylic acids is 1. The van der Waals surface area contributed by atoms with Gasteiger partial charge in [-0.15, -0.1) is 0 Å². The molecule has 12 heteroatoms. The second kappa shape index (κ2) is 12.3. The van der Waals surface area contributed by atoms with Crippen LogP contribution in [0.25, 0.3) is 0 Å². The fraction of sp³-hybridized carbons (Fsp3) is 0.381. The highest BCUT2D eigenvalue weighted by molar-refractivity contribution is 5.94. The molecule has 0 saturated carbocycles. The summed E-state index contributed by atoms with van der Waals surface area (Å²) in [7, 11) is 0. The molecule has 4 unspecified atom stereocenters. The van der Waals surface area contributed by atoms with Gasteiger partial charge in [-0.2, -0.15) is 0 Å². The number of hydrogen-bond acceptors (Lipinski definition) is 7. The van der Waals surface area contributed by atoms with Gasteiger partial charge in [0.25, 0.3) is 0 Å². The number of carbonyl (C=O) groups is 4. The van der Waals surface area contributed by atoms with Crippen molar-refractivity contribution >= 4 is 23.7 Å². The maximum atomic E-state index is 13.0. The van der Waals surface area contributed by atoms with E-state index < -0.39 is 54.5 Å². The van der Waals surface area contributed by atoms with Crippen LogP contribution in [-0.2, 0) is 32.0 Å². The minimum atomic E-state index is -1.35. The van der Waals surface area contributed by atoms with E-state index in [1.165, 1.54) is 19.4 Å². The van der Waals surface area contributed by atoms with Crippen molar-refractivity contribution in [2.24, 2.45) is 5.73 Å². The van der Waals surface area contributed by atoms with Gasteiger partial charge in [-0.25, -0.2) is 9.78 Å². The Morgan fingerprint density at radius 1 is 0.970 bits per heavy atom. The van der Waals surface area contributed by atoms with Crippen LogP contribution in [0.2, 0.25) is 0 Å². The molecule has 0 spiro atoms. The van der Waals surface area contributed by atoms with E-state index in [1.54, 1.807) is 30.3 Å². The summed E-state index contributed by atoms with van der Waals surface area (Å²) in [4.78, 5) is 55.8. The molecule has 0 aliphatic heterocycles. The number of nitrogens with one attached hydrogen (secondary N) is 4. The number of amides is 3. The molecule has 1 aromatic carbocycles. The predicted octanol–water partition coefficient (Wildman–Crippen LogP) is -1.93. The lowest BCUT2D eigenvalue weighted by atomic mass is 10.0. The van der Waals surface area contributed by atoms with Gasteiger partial charge in [0.15, 0.2) is 0 Å². The molecule has 12 nitrogen and oxygen atoms in total. The van der Waals surface area contributed by atoms with Crippen molar-refractivity contribution in [3.05, 3.63) is 54.1 Å². The number of aromatic nitrogens is 2. The SMILES string of the molecule is CC(N)C(=O)NC(CO)C(=O)NC(Cc1cnc[nH]1)C(=O)NC(Cc1ccccc1)C(=O)O. The number of aromatic amines is 1. The van der Waals surface area contributed by atoms with Crippen molar-refractivity contribution in [1.82, 2.24) is 25.9 Å². The maximum absolute atomic E-state index is 13.0. The van der Waals surface area contributed by atoms with Crippen LogP contribution in [0.1, 0.15) is 18.2 Å². The smallest absolute Gasteiger partial charge is 0.326 e. The Balaban J connectivity index is 2.15. The minimum Gasteiger partial charge on any atom is -0.480 e. The van der Waals surface area contributed by atoms with E-state index in [1.807, 2.05) is 0 Å². The van der Waals surface area contributed by atoms with Crippen LogP contribution in [0, 0.1) is 0 Å². The summed E-state index contributed by atoms with van der Waals surface area (Å²) in [6.45, 7) is 0.684. The molecule has 3 amide bonds. The lowest BCUT2D eigenvalue weighted by Gasteiger charge is -2.24. The van der Waals surface area contributed by atoms with Crippen molar-refractivity contribution in [1.29, 1.82) is 0 Å². The summed E-state index contributed by atoms with van der Waals surface area (Å²) in [6, 6.07) is 4.05. The number of nitrogens with zero attached hydrogens (tertiary/aromatic N) is 1. The number of imidazole rings is 1. The normalized spacial score (nSPS) is 14.4. The molecule has 0 aliphatic rings. The molecule has 4 atom stereocenters. The molecule has 0 saturated heterocycles. The van der Waals surface area contributed by atoms with Crippen LogP contribution in [0.4, 0.5) is 0 Å². The summed E-state index contributed by atoms with van der Waals surface area (Å²) in [5, 5.41) is 26.3. The number of carboxylic acids is 1. The van der Waals surface area contributed by atoms with Crippen molar-refractivity contribution < 1.29 is 29.4 Å². The third-order valence-electron chi connectivity index (χ3n) is 4.74. The van der Waals surface area contributed by atoms with Crippen molar-refractivity contribution in [2.75, 3.05) is 6.61 Å². The first-order chi connectivity index (χ1) is 15.7. The van der Waals surface area contributed by atoms with Crippen molar-refractivity contribution in [3.63, 3.8) is 0 Å². The molecule has 8 N–H and O–H groups in total. The summed E-state index contributed by atoms with van der Waals surface area (Å²) >= 11 is 0. The van der Waals surface area contributed by atoms with Gasteiger partial charge in [0.1, 0.15) is 18.1 Å². The quantitative estimate of drug-likeness (QED) is 0.190. The van der Waals surface area contributed by atoms with Crippen LogP contribution >= 0.6 is 0 Å². The van der Waals surface area contributed by atoms with Crippen molar-refractivity contribution in [3.8, 4) is 0 Å². The fourth-order valence-electron chi connectivity index (χ4n) is 2.92. The zero-order valence-electron chi connectivity index (χ0n) is 18.0. The van der Waals surface area contributed by atoms with Crippen LogP contribution in [0.15, 0.2) is 42.9 Å². The highest BCUT2D eigenvalue weighted by Crippen LogP contribution is 2.06. The number of benzene rings is 1. The zero-order chi connectivity index (χ0) is 24.4. The lowest BCUT2D eigenvalue weighted by Crippen LogP contribution is -2.58. The van der Waals surface area contributed by atoms with Crippen molar-refractivity contribution in [2.45, 2.75) is 43.9 Å². The summed E-state index contributed by atoms with van der Waals surface area (Å²) in [5.41, 5.74) is 6.68. The number of aliphatic hydroxyl groups excluding tert-OH is 1. The predicted molar refractivity (Wildman–Crippen MR) is 117 cm³/mol. The number of carboxylic acid groups (broad SMARTS) is 1. The molecular weight excluding hydrogens is 432 g/mol. The second-order valence-electron chi connectivity index (χ2n) is 7.46. The van der Waals surface area contributed by atoms with E-state index in [0.717, 1.165) is 0 Å². The monoisotopic (exact) mass is 460 g/mol. The van der Waals surface area contributed by atoms with E-state index in [-0.39, 0.29) is 12.8 Å². The second-order valence-corrected chi connectivity index (χ2v) is 7.46. The number of nitrogens with two attached hydrogens (primary N) is 1. The topological polar surface area (TPSA) is 200 Å². The van der Waals surface area contributed by atoms with Crippen LogP contribution < -0.4 is 21.7 Å². The number of hydrogen-bond donors (Lipinski definition) is 7. The third kappa shape index (κ3) is 8.01. The Kier molecular flexibility index (Phi) is 9.51. The number of rotatable bonds is 12. The minimum absolute atomic E-state index is 0.0331. The van der Waals surface area contributed by atoms with E-state index in [0.29, 0.717) is 11.3 Å². The van der Waals surface area contributed by atoms with E-state index >= 15 is 0 Å². The molecule has 33 heavy (non-hydrogen) atoms. The maximum Gasteiger partial charge on any atom is 0.326 e. The fourth-order valence-corrected chi connectivity index (χ4v) is 2.92. The number of carbonyl (C=O) groups excluding carboxylic acids is 3. The Labute approximate surface area is 190 Å². The molecule has 1 heterocycles. The molecule has 2 aromatic rings.